The summed E-state index contributed by atoms with van der Waals surface area (Å²) in [6.07, 6.45) is 1.55. The second-order valence-electron chi connectivity index (χ2n) is 4.26. The zero-order valence-corrected chi connectivity index (χ0v) is 10.8. The molecule has 0 atom stereocenters. The van der Waals surface area contributed by atoms with Gasteiger partial charge in [-0.15, -0.1) is 0 Å². The number of carbonyl (C=O) groups is 2. The van der Waals surface area contributed by atoms with E-state index >= 15 is 0 Å². The van der Waals surface area contributed by atoms with Gasteiger partial charge in [0.2, 0.25) is 5.91 Å². The van der Waals surface area contributed by atoms with Crippen LogP contribution in [0.1, 0.15) is 16.1 Å². The number of likely N-dealkylation sites (N-methyl/N-ethyl adjacent to an activating group) is 2. The lowest BCUT2D eigenvalue weighted by Crippen LogP contribution is -2.34. The molecule has 6 heteroatoms. The second-order valence-corrected chi connectivity index (χ2v) is 4.26. The van der Waals surface area contributed by atoms with E-state index in [2.05, 4.69) is 4.98 Å². The van der Waals surface area contributed by atoms with Crippen LogP contribution in [0.3, 0.4) is 0 Å². The van der Waals surface area contributed by atoms with Crippen LogP contribution in [0.4, 0.5) is 0 Å². The van der Waals surface area contributed by atoms with Crippen molar-refractivity contribution in [1.82, 2.24) is 14.8 Å². The predicted octanol–water partition coefficient (Wildman–Crippen LogP) is 0.300. The van der Waals surface area contributed by atoms with Crippen LogP contribution in [0.15, 0.2) is 18.3 Å². The van der Waals surface area contributed by atoms with E-state index in [1.165, 1.54) is 11.0 Å². The highest BCUT2D eigenvalue weighted by atomic mass is 16.4. The van der Waals surface area contributed by atoms with E-state index in [-0.39, 0.29) is 18.0 Å². The van der Waals surface area contributed by atoms with Gasteiger partial charge in [-0.2, -0.15) is 0 Å². The SMILES string of the molecule is CN(CC(=O)N(C)C)Cc1ncccc1C(=O)O. The number of hydrogen-bond donors (Lipinski definition) is 1. The molecule has 0 aliphatic heterocycles. The summed E-state index contributed by atoms with van der Waals surface area (Å²) >= 11 is 0. The molecule has 0 spiro atoms. The van der Waals surface area contributed by atoms with Crippen LogP contribution in [0.5, 0.6) is 0 Å². The van der Waals surface area contributed by atoms with Crippen LogP contribution in [0, 0.1) is 0 Å². The van der Waals surface area contributed by atoms with Crippen LogP contribution in [0.25, 0.3) is 0 Å². The maximum Gasteiger partial charge on any atom is 0.337 e. The van der Waals surface area contributed by atoms with Crippen molar-refractivity contribution in [3.8, 4) is 0 Å². The smallest absolute Gasteiger partial charge is 0.337 e. The maximum absolute atomic E-state index is 11.5. The van der Waals surface area contributed by atoms with Gasteiger partial charge in [0.15, 0.2) is 0 Å². The standard InChI is InChI=1S/C12H17N3O3/c1-14(2)11(16)8-15(3)7-10-9(12(17)18)5-4-6-13-10/h4-6H,7-8H2,1-3H3,(H,17,18). The summed E-state index contributed by atoms with van der Waals surface area (Å²) in [7, 11) is 5.11. The average Bonchev–Trinajstić information content (AvgIpc) is 2.28. The van der Waals surface area contributed by atoms with E-state index in [1.807, 2.05) is 0 Å². The summed E-state index contributed by atoms with van der Waals surface area (Å²) in [4.78, 5) is 29.8. The second kappa shape index (κ2) is 6.11. The Kier molecular flexibility index (Phi) is 4.79. The molecule has 0 saturated heterocycles. The molecule has 98 valence electrons. The van der Waals surface area contributed by atoms with Gasteiger partial charge in [0.25, 0.3) is 0 Å². The Hall–Kier alpha value is -1.95. The van der Waals surface area contributed by atoms with E-state index < -0.39 is 5.97 Å². The summed E-state index contributed by atoms with van der Waals surface area (Å²) in [5, 5.41) is 9.01. The Morgan fingerprint density at radius 3 is 2.56 bits per heavy atom. The zero-order chi connectivity index (χ0) is 13.7. The number of pyridine rings is 1. The number of aromatic carboxylic acids is 1. The summed E-state index contributed by atoms with van der Waals surface area (Å²) in [5.74, 6) is -1.05. The number of carbonyl (C=O) groups excluding carboxylic acids is 1. The number of carboxylic acid groups (broad SMARTS) is 1. The van der Waals surface area contributed by atoms with E-state index in [9.17, 15) is 9.59 Å². The van der Waals surface area contributed by atoms with Gasteiger partial charge < -0.3 is 10.0 Å². The van der Waals surface area contributed by atoms with Gasteiger partial charge in [0.1, 0.15) is 0 Å². The molecule has 0 aliphatic carbocycles. The fourth-order valence-electron chi connectivity index (χ4n) is 1.44. The molecule has 1 N–H and O–H groups in total. The van der Waals surface area contributed by atoms with Gasteiger partial charge >= 0.3 is 5.97 Å². The van der Waals surface area contributed by atoms with Gasteiger partial charge in [0, 0.05) is 26.8 Å². The molecule has 1 rings (SSSR count). The summed E-state index contributed by atoms with van der Waals surface area (Å²) in [5.41, 5.74) is 0.626. The van der Waals surface area contributed by atoms with Crippen LogP contribution in [-0.2, 0) is 11.3 Å². The minimum Gasteiger partial charge on any atom is -0.478 e. The van der Waals surface area contributed by atoms with Gasteiger partial charge in [-0.1, -0.05) is 0 Å². The van der Waals surface area contributed by atoms with Crippen molar-refractivity contribution in [2.45, 2.75) is 6.54 Å². The first-order valence-corrected chi connectivity index (χ1v) is 5.47. The third kappa shape index (κ3) is 3.81. The Balaban J connectivity index is 2.73. The van der Waals surface area contributed by atoms with Crippen molar-refractivity contribution >= 4 is 11.9 Å². The highest BCUT2D eigenvalue weighted by Gasteiger charge is 2.14. The first-order valence-electron chi connectivity index (χ1n) is 5.47. The molecule has 0 bridgehead atoms. The van der Waals surface area contributed by atoms with Crippen molar-refractivity contribution in [3.63, 3.8) is 0 Å². The minimum absolute atomic E-state index is 0.0368. The zero-order valence-electron chi connectivity index (χ0n) is 10.8. The van der Waals surface area contributed by atoms with E-state index in [1.54, 1.807) is 38.3 Å². The first kappa shape index (κ1) is 14.1. The Bertz CT molecular complexity index is 446. The molecule has 1 aromatic rings. The number of carboxylic acids is 1. The Morgan fingerprint density at radius 2 is 2.00 bits per heavy atom. The molecule has 0 radical (unpaired) electrons. The van der Waals surface area contributed by atoms with Gasteiger partial charge in [-0.3, -0.25) is 14.7 Å². The molecular weight excluding hydrogens is 234 g/mol. The molecule has 6 nitrogen and oxygen atoms in total. The lowest BCUT2D eigenvalue weighted by molar-refractivity contribution is -0.129. The lowest BCUT2D eigenvalue weighted by atomic mass is 10.2. The van der Waals surface area contributed by atoms with Crippen LogP contribution in [0.2, 0.25) is 0 Å². The topological polar surface area (TPSA) is 73.7 Å². The molecule has 0 fully saturated rings. The van der Waals surface area contributed by atoms with E-state index in [0.717, 1.165) is 0 Å². The fourth-order valence-corrected chi connectivity index (χ4v) is 1.44. The van der Waals surface area contributed by atoms with Gasteiger partial charge in [-0.05, 0) is 19.2 Å². The molecule has 0 aliphatic rings. The van der Waals surface area contributed by atoms with Gasteiger partial charge in [0.05, 0.1) is 17.8 Å². The monoisotopic (exact) mass is 251 g/mol. The van der Waals surface area contributed by atoms with Crippen LogP contribution >= 0.6 is 0 Å². The highest BCUT2D eigenvalue weighted by molar-refractivity contribution is 5.88. The molecule has 0 aromatic carbocycles. The lowest BCUT2D eigenvalue weighted by Gasteiger charge is -2.19. The van der Waals surface area contributed by atoms with Crippen molar-refractivity contribution in [2.75, 3.05) is 27.7 Å². The molecular formula is C12H17N3O3. The van der Waals surface area contributed by atoms with Crippen molar-refractivity contribution in [3.05, 3.63) is 29.6 Å². The van der Waals surface area contributed by atoms with Crippen molar-refractivity contribution < 1.29 is 14.7 Å². The molecule has 1 heterocycles. The van der Waals surface area contributed by atoms with E-state index in [0.29, 0.717) is 12.2 Å². The number of rotatable bonds is 5. The number of hydrogen-bond acceptors (Lipinski definition) is 4. The minimum atomic E-state index is -1.01. The van der Waals surface area contributed by atoms with Crippen LogP contribution in [-0.4, -0.2) is 59.5 Å². The first-order chi connectivity index (χ1) is 8.41. The number of amides is 1. The average molecular weight is 251 g/mol. The van der Waals surface area contributed by atoms with E-state index in [4.69, 9.17) is 5.11 Å². The largest absolute Gasteiger partial charge is 0.478 e. The van der Waals surface area contributed by atoms with Gasteiger partial charge in [-0.25, -0.2) is 4.79 Å². The molecule has 0 saturated carbocycles. The third-order valence-electron chi connectivity index (χ3n) is 2.44. The molecule has 0 unspecified atom stereocenters. The Morgan fingerprint density at radius 1 is 1.33 bits per heavy atom. The quantitative estimate of drug-likeness (QED) is 0.814. The summed E-state index contributed by atoms with van der Waals surface area (Å²) < 4.78 is 0. The van der Waals surface area contributed by atoms with Crippen molar-refractivity contribution in [1.29, 1.82) is 0 Å². The highest BCUT2D eigenvalue weighted by Crippen LogP contribution is 2.07. The third-order valence-corrected chi connectivity index (χ3v) is 2.44. The predicted molar refractivity (Wildman–Crippen MR) is 66.2 cm³/mol. The molecule has 18 heavy (non-hydrogen) atoms. The summed E-state index contributed by atoms with van der Waals surface area (Å²) in [6, 6.07) is 3.09. The Labute approximate surface area is 106 Å². The van der Waals surface area contributed by atoms with Crippen LogP contribution < -0.4 is 0 Å². The maximum atomic E-state index is 11.5. The van der Waals surface area contributed by atoms with Crippen molar-refractivity contribution in [2.24, 2.45) is 0 Å². The fraction of sp³-hybridized carbons (Fsp3) is 0.417. The number of nitrogens with zero attached hydrogens (tertiary/aromatic N) is 3. The molecule has 1 amide bonds. The number of aromatic nitrogens is 1. The summed E-state index contributed by atoms with van der Waals surface area (Å²) in [6.45, 7) is 0.546. The normalized spacial score (nSPS) is 10.4. The molecule has 1 aromatic heterocycles.